The quantitative estimate of drug-likeness (QED) is 0.258. The molecule has 0 aliphatic rings. The first-order valence-electron chi connectivity index (χ1n) is 8.47. The van der Waals surface area contributed by atoms with Crippen molar-refractivity contribution in [3.05, 3.63) is 30.3 Å². The van der Waals surface area contributed by atoms with Gasteiger partial charge >= 0.3 is 0 Å². The smallest absolute Gasteiger partial charge is 0.161 e. The summed E-state index contributed by atoms with van der Waals surface area (Å²) in [6, 6.07) is 13.4. The van der Waals surface area contributed by atoms with Crippen molar-refractivity contribution in [3.8, 4) is 0 Å². The molecule has 0 aromatic heterocycles. The summed E-state index contributed by atoms with van der Waals surface area (Å²) in [5.41, 5.74) is 0. The van der Waals surface area contributed by atoms with E-state index < -0.39 is 7.38 Å². The van der Waals surface area contributed by atoms with Gasteiger partial charge in [-0.2, -0.15) is 11.1 Å². The van der Waals surface area contributed by atoms with Gasteiger partial charge in [-0.15, -0.1) is 0 Å². The van der Waals surface area contributed by atoms with E-state index in [0.717, 1.165) is 0 Å². The Balaban J connectivity index is 2.47. The minimum absolute atomic E-state index is 1.24. The van der Waals surface area contributed by atoms with Gasteiger partial charge in [-0.25, -0.2) is 0 Å². The highest BCUT2D eigenvalue weighted by Crippen LogP contribution is 2.26. The molecule has 20 heavy (non-hydrogen) atoms. The molecular weight excluding hydrogens is 280 g/mol. The maximum Gasteiger partial charge on any atom is 0.186 e. The molecule has 0 N–H and O–H groups in total. The van der Waals surface area contributed by atoms with Crippen molar-refractivity contribution < 1.29 is 0 Å². The fourth-order valence-corrected chi connectivity index (χ4v) is 7.31. The maximum atomic E-state index is 7.12. The van der Waals surface area contributed by atoms with Crippen molar-refractivity contribution in [1.29, 1.82) is 0 Å². The maximum absolute atomic E-state index is 7.12. The summed E-state index contributed by atoms with van der Waals surface area (Å²) in [5.74, 6) is 0. The molecule has 1 unspecified atom stereocenters. The van der Waals surface area contributed by atoms with Crippen LogP contribution in [0.25, 0.3) is 0 Å². The topological polar surface area (TPSA) is 0 Å². The standard InChI is InChI=1S/C18H31ClSi/c1-3-5-7-8-9-13-17-20(19,16-6-4-2)18-14-11-10-12-15-18/h10-12,14-15H,3-9,13,16-17H2,1-2H3. The van der Waals surface area contributed by atoms with Crippen molar-refractivity contribution in [1.82, 2.24) is 0 Å². The number of benzene rings is 1. The van der Waals surface area contributed by atoms with Crippen molar-refractivity contribution in [2.75, 3.05) is 0 Å². The number of hydrogen-bond donors (Lipinski definition) is 0. The fourth-order valence-electron chi connectivity index (χ4n) is 2.79. The lowest BCUT2D eigenvalue weighted by Crippen LogP contribution is -2.41. The van der Waals surface area contributed by atoms with Crippen LogP contribution in [-0.4, -0.2) is 7.38 Å². The van der Waals surface area contributed by atoms with E-state index in [9.17, 15) is 0 Å². The molecule has 1 atom stereocenters. The summed E-state index contributed by atoms with van der Waals surface area (Å²) in [7, 11) is -1.74. The Kier molecular flexibility index (Phi) is 9.29. The van der Waals surface area contributed by atoms with Crippen LogP contribution in [-0.2, 0) is 0 Å². The van der Waals surface area contributed by atoms with Gasteiger partial charge in [-0.1, -0.05) is 95.5 Å². The molecule has 0 saturated carbocycles. The SMILES string of the molecule is CCCCCCCC[Si](Cl)(CCCC)c1ccccc1. The molecule has 0 aliphatic carbocycles. The van der Waals surface area contributed by atoms with Crippen molar-refractivity contribution in [3.63, 3.8) is 0 Å². The highest BCUT2D eigenvalue weighted by molar-refractivity contribution is 7.27. The predicted molar refractivity (Wildman–Crippen MR) is 95.6 cm³/mol. The van der Waals surface area contributed by atoms with E-state index in [2.05, 4.69) is 44.2 Å². The molecule has 0 heterocycles. The monoisotopic (exact) mass is 310 g/mol. The first kappa shape index (κ1) is 17.8. The van der Waals surface area contributed by atoms with Crippen LogP contribution in [0.3, 0.4) is 0 Å². The third kappa shape index (κ3) is 6.45. The number of unbranched alkanes of at least 4 members (excludes halogenated alkanes) is 6. The third-order valence-corrected chi connectivity index (χ3v) is 9.59. The Morgan fingerprint density at radius 2 is 1.30 bits per heavy atom. The van der Waals surface area contributed by atoms with E-state index in [1.165, 1.54) is 68.6 Å². The Hall–Kier alpha value is -0.273. The van der Waals surface area contributed by atoms with Crippen LogP contribution in [0.2, 0.25) is 12.1 Å². The highest BCUT2D eigenvalue weighted by Gasteiger charge is 2.31. The molecule has 0 aliphatic heterocycles. The second kappa shape index (κ2) is 10.5. The molecule has 114 valence electrons. The van der Waals surface area contributed by atoms with Gasteiger partial charge in [0.1, 0.15) is 0 Å². The number of hydrogen-bond acceptors (Lipinski definition) is 0. The largest absolute Gasteiger partial charge is 0.186 e. The molecule has 0 saturated heterocycles. The van der Waals surface area contributed by atoms with Crippen LogP contribution in [0.1, 0.15) is 65.2 Å². The van der Waals surface area contributed by atoms with Crippen LogP contribution in [0.15, 0.2) is 30.3 Å². The zero-order valence-electron chi connectivity index (χ0n) is 13.3. The van der Waals surface area contributed by atoms with E-state index in [0.29, 0.717) is 0 Å². The Morgan fingerprint density at radius 3 is 1.95 bits per heavy atom. The van der Waals surface area contributed by atoms with Crippen LogP contribution in [0, 0.1) is 0 Å². The summed E-state index contributed by atoms with van der Waals surface area (Å²) in [5, 5.41) is 1.45. The first-order valence-corrected chi connectivity index (χ1v) is 11.9. The van der Waals surface area contributed by atoms with Gasteiger partial charge in [0.2, 0.25) is 0 Å². The van der Waals surface area contributed by atoms with Gasteiger partial charge in [0.25, 0.3) is 0 Å². The van der Waals surface area contributed by atoms with E-state index in [1.54, 1.807) is 0 Å². The van der Waals surface area contributed by atoms with Crippen molar-refractivity contribution in [2.24, 2.45) is 0 Å². The summed E-state index contributed by atoms with van der Waals surface area (Å²) in [6.45, 7) is 4.54. The van der Waals surface area contributed by atoms with E-state index in [4.69, 9.17) is 11.1 Å². The fraction of sp³-hybridized carbons (Fsp3) is 0.667. The van der Waals surface area contributed by atoms with E-state index >= 15 is 0 Å². The first-order chi connectivity index (χ1) is 9.73. The van der Waals surface area contributed by atoms with Gasteiger partial charge in [-0.3, -0.25) is 0 Å². The highest BCUT2D eigenvalue weighted by atomic mass is 35.6. The lowest BCUT2D eigenvalue weighted by molar-refractivity contribution is 0.622. The number of rotatable bonds is 11. The molecule has 0 spiro atoms. The Morgan fingerprint density at radius 1 is 0.750 bits per heavy atom. The minimum atomic E-state index is -1.74. The summed E-state index contributed by atoms with van der Waals surface area (Å²) >= 11 is 7.12. The van der Waals surface area contributed by atoms with E-state index in [1.807, 2.05) is 0 Å². The van der Waals surface area contributed by atoms with Crippen molar-refractivity contribution >= 4 is 23.6 Å². The Labute approximate surface area is 131 Å². The van der Waals surface area contributed by atoms with Crippen LogP contribution < -0.4 is 5.19 Å². The van der Waals surface area contributed by atoms with Gasteiger partial charge in [-0.05, 0) is 17.3 Å². The zero-order chi connectivity index (χ0) is 14.7. The zero-order valence-corrected chi connectivity index (χ0v) is 15.1. The van der Waals surface area contributed by atoms with Gasteiger partial charge in [0, 0.05) is 0 Å². The molecule has 0 nitrogen and oxygen atoms in total. The average Bonchev–Trinajstić information content (AvgIpc) is 2.49. The molecule has 1 rings (SSSR count). The normalized spacial score (nSPS) is 14.2. The lowest BCUT2D eigenvalue weighted by atomic mass is 10.1. The van der Waals surface area contributed by atoms with E-state index in [-0.39, 0.29) is 0 Å². The van der Waals surface area contributed by atoms with Crippen LogP contribution in [0.5, 0.6) is 0 Å². The second-order valence-electron chi connectivity index (χ2n) is 5.95. The number of halogens is 1. The predicted octanol–water partition coefficient (Wildman–Crippen LogP) is 6.24. The molecule has 0 amide bonds. The summed E-state index contributed by atoms with van der Waals surface area (Å²) in [4.78, 5) is 0. The average molecular weight is 311 g/mol. The molecule has 1 aromatic rings. The van der Waals surface area contributed by atoms with Gasteiger partial charge < -0.3 is 0 Å². The summed E-state index contributed by atoms with van der Waals surface area (Å²) < 4.78 is 0. The van der Waals surface area contributed by atoms with Crippen molar-refractivity contribution in [2.45, 2.75) is 77.3 Å². The van der Waals surface area contributed by atoms with Gasteiger partial charge in [0.05, 0.1) is 0 Å². The molecule has 2 heteroatoms. The van der Waals surface area contributed by atoms with Crippen LogP contribution >= 0.6 is 11.1 Å². The third-order valence-electron chi connectivity index (χ3n) is 4.14. The molecule has 0 radical (unpaired) electrons. The Bertz CT molecular complexity index is 339. The lowest BCUT2D eigenvalue weighted by Gasteiger charge is -2.25. The van der Waals surface area contributed by atoms with Crippen LogP contribution in [0.4, 0.5) is 0 Å². The molecule has 1 aromatic carbocycles. The minimum Gasteiger partial charge on any atom is -0.161 e. The molecule has 0 bridgehead atoms. The second-order valence-corrected chi connectivity index (χ2v) is 11.6. The molecular formula is C18H31ClSi. The summed E-state index contributed by atoms with van der Waals surface area (Å²) in [6.07, 6.45) is 10.7. The molecule has 0 fully saturated rings. The van der Waals surface area contributed by atoms with Gasteiger partial charge in [0.15, 0.2) is 7.38 Å².